The largest absolute Gasteiger partial charge is 0.350 e. The fourth-order valence-corrected chi connectivity index (χ4v) is 5.14. The predicted octanol–water partition coefficient (Wildman–Crippen LogP) is 3.93. The third-order valence-electron chi connectivity index (χ3n) is 5.86. The molecule has 1 amide bonds. The van der Waals surface area contributed by atoms with E-state index in [4.69, 9.17) is 0 Å². The molecule has 0 atom stereocenters. The molecule has 150 valence electrons. The van der Waals surface area contributed by atoms with Gasteiger partial charge >= 0.3 is 0 Å². The van der Waals surface area contributed by atoms with Crippen LogP contribution in [0, 0.1) is 5.82 Å². The van der Waals surface area contributed by atoms with Crippen LogP contribution in [-0.2, 0) is 0 Å². The van der Waals surface area contributed by atoms with Crippen molar-refractivity contribution in [3.05, 3.63) is 35.6 Å². The van der Waals surface area contributed by atoms with Crippen molar-refractivity contribution in [1.82, 2.24) is 14.5 Å². The molecule has 1 aliphatic heterocycles. The molecule has 27 heavy (non-hydrogen) atoms. The molecular formula is C21H32FN3OS. The molecule has 6 heteroatoms. The van der Waals surface area contributed by atoms with E-state index < -0.39 is 0 Å². The van der Waals surface area contributed by atoms with Crippen molar-refractivity contribution in [1.29, 1.82) is 0 Å². The Balaban J connectivity index is 1.59. The topological polar surface area (TPSA) is 35.6 Å². The highest BCUT2D eigenvalue weighted by molar-refractivity contribution is 7.97. The third-order valence-corrected chi connectivity index (χ3v) is 7.18. The Morgan fingerprint density at radius 1 is 1.11 bits per heavy atom. The summed E-state index contributed by atoms with van der Waals surface area (Å²) in [5, 5.41) is 3.15. The summed E-state index contributed by atoms with van der Waals surface area (Å²) >= 11 is 1.97. The van der Waals surface area contributed by atoms with Crippen molar-refractivity contribution in [2.24, 2.45) is 0 Å². The van der Waals surface area contributed by atoms with Crippen LogP contribution in [0.1, 0.15) is 55.8 Å². The molecule has 1 aliphatic carbocycles. The van der Waals surface area contributed by atoms with Gasteiger partial charge in [0.25, 0.3) is 5.91 Å². The van der Waals surface area contributed by atoms with Crippen LogP contribution in [0.15, 0.2) is 24.3 Å². The predicted molar refractivity (Wildman–Crippen MR) is 110 cm³/mol. The van der Waals surface area contributed by atoms with Gasteiger partial charge in [-0.25, -0.2) is 8.70 Å². The first kappa shape index (κ1) is 20.6. The third kappa shape index (κ3) is 5.46. The van der Waals surface area contributed by atoms with Gasteiger partial charge in [0.05, 0.1) is 0 Å². The van der Waals surface area contributed by atoms with Gasteiger partial charge in [-0.1, -0.05) is 38.1 Å². The maximum Gasteiger partial charge on any atom is 0.251 e. The van der Waals surface area contributed by atoms with Gasteiger partial charge in [-0.15, -0.1) is 0 Å². The van der Waals surface area contributed by atoms with Crippen LogP contribution in [0.2, 0.25) is 0 Å². The van der Waals surface area contributed by atoms with Crippen LogP contribution in [0.3, 0.4) is 0 Å². The van der Waals surface area contributed by atoms with Gasteiger partial charge in [-0.05, 0) is 43.5 Å². The minimum Gasteiger partial charge on any atom is -0.350 e. The van der Waals surface area contributed by atoms with Crippen LogP contribution >= 0.6 is 11.9 Å². The summed E-state index contributed by atoms with van der Waals surface area (Å²) in [5.74, 6) is 0.782. The Labute approximate surface area is 167 Å². The molecule has 0 bridgehead atoms. The normalized spacial score (nSPS) is 21.1. The Hall–Kier alpha value is -1.11. The van der Waals surface area contributed by atoms with Crippen LogP contribution in [0.25, 0.3) is 0 Å². The minimum absolute atomic E-state index is 0.0788. The zero-order chi connectivity index (χ0) is 19.1. The second-order valence-electron chi connectivity index (χ2n) is 7.72. The lowest BCUT2D eigenvalue weighted by Gasteiger charge is -2.49. The SMILES string of the molecule is CCCSN1CCN(C2(CNC(=O)c3ccc(F)cc3)CCCCC2)CC1. The molecule has 1 heterocycles. The number of piperazine rings is 1. The molecule has 0 radical (unpaired) electrons. The first-order valence-electron chi connectivity index (χ1n) is 10.3. The zero-order valence-corrected chi connectivity index (χ0v) is 17.2. The highest BCUT2D eigenvalue weighted by Crippen LogP contribution is 2.34. The summed E-state index contributed by atoms with van der Waals surface area (Å²) in [4.78, 5) is 15.2. The summed E-state index contributed by atoms with van der Waals surface area (Å²) in [7, 11) is 0. The lowest BCUT2D eigenvalue weighted by Crippen LogP contribution is -2.61. The number of rotatable bonds is 7. The van der Waals surface area contributed by atoms with Crippen molar-refractivity contribution in [2.45, 2.75) is 51.0 Å². The van der Waals surface area contributed by atoms with Gasteiger partial charge in [0.1, 0.15) is 5.82 Å². The van der Waals surface area contributed by atoms with E-state index in [2.05, 4.69) is 21.4 Å². The van der Waals surface area contributed by atoms with E-state index >= 15 is 0 Å². The van der Waals surface area contributed by atoms with Gasteiger partial charge in [-0.3, -0.25) is 9.69 Å². The highest BCUT2D eigenvalue weighted by atomic mass is 32.2. The molecule has 0 spiro atoms. The number of amides is 1. The number of carbonyl (C=O) groups excluding carboxylic acids is 1. The van der Waals surface area contributed by atoms with Crippen LogP contribution in [0.5, 0.6) is 0 Å². The van der Waals surface area contributed by atoms with Crippen molar-refractivity contribution >= 4 is 17.9 Å². The van der Waals surface area contributed by atoms with Crippen molar-refractivity contribution in [3.8, 4) is 0 Å². The van der Waals surface area contributed by atoms with Gasteiger partial charge in [0.15, 0.2) is 0 Å². The van der Waals surface area contributed by atoms with Crippen molar-refractivity contribution in [2.75, 3.05) is 38.5 Å². The van der Waals surface area contributed by atoms with Crippen LogP contribution < -0.4 is 5.32 Å². The smallest absolute Gasteiger partial charge is 0.251 e. The van der Waals surface area contributed by atoms with Crippen LogP contribution in [-0.4, -0.2) is 59.1 Å². The molecule has 0 aromatic heterocycles. The van der Waals surface area contributed by atoms with Gasteiger partial charge in [0, 0.05) is 49.6 Å². The summed E-state index contributed by atoms with van der Waals surface area (Å²) < 4.78 is 15.6. The Bertz CT molecular complexity index is 596. The summed E-state index contributed by atoms with van der Waals surface area (Å²) in [5.41, 5.74) is 0.610. The summed E-state index contributed by atoms with van der Waals surface area (Å²) in [6.45, 7) is 7.25. The average Bonchev–Trinajstić information content (AvgIpc) is 2.72. The van der Waals surface area contributed by atoms with E-state index in [-0.39, 0.29) is 17.3 Å². The number of hydrogen-bond acceptors (Lipinski definition) is 4. The Morgan fingerprint density at radius 2 is 1.78 bits per heavy atom. The lowest BCUT2D eigenvalue weighted by molar-refractivity contribution is 0.0256. The molecule has 2 aliphatic rings. The van der Waals surface area contributed by atoms with Crippen LogP contribution in [0.4, 0.5) is 4.39 Å². The van der Waals surface area contributed by atoms with Gasteiger partial charge in [-0.2, -0.15) is 0 Å². The number of benzene rings is 1. The fourth-order valence-electron chi connectivity index (χ4n) is 4.27. The standard InChI is InChI=1S/C21H32FN3OS/c1-2-16-27-25-14-12-24(13-15-25)21(10-4-3-5-11-21)17-23-20(26)18-6-8-19(22)9-7-18/h6-9H,2-5,10-17H2,1H3,(H,23,26). The molecule has 1 N–H and O–H groups in total. The second-order valence-corrected chi connectivity index (χ2v) is 8.91. The molecular weight excluding hydrogens is 361 g/mol. The molecule has 0 unspecified atom stereocenters. The molecule has 2 fully saturated rings. The Morgan fingerprint density at radius 3 is 2.41 bits per heavy atom. The van der Waals surface area contributed by atoms with Gasteiger partial charge < -0.3 is 5.32 Å². The number of nitrogens with one attached hydrogen (secondary N) is 1. The minimum atomic E-state index is -0.311. The van der Waals surface area contributed by atoms with E-state index in [0.29, 0.717) is 12.1 Å². The first-order chi connectivity index (χ1) is 13.1. The quantitative estimate of drug-likeness (QED) is 0.712. The van der Waals surface area contributed by atoms with E-state index in [1.54, 1.807) is 12.1 Å². The lowest BCUT2D eigenvalue weighted by atomic mass is 9.79. The molecule has 1 saturated carbocycles. The monoisotopic (exact) mass is 393 g/mol. The molecule has 1 saturated heterocycles. The molecule has 1 aromatic carbocycles. The zero-order valence-electron chi connectivity index (χ0n) is 16.4. The van der Waals surface area contributed by atoms with Crippen molar-refractivity contribution in [3.63, 3.8) is 0 Å². The van der Waals surface area contributed by atoms with E-state index in [1.807, 2.05) is 11.9 Å². The summed E-state index contributed by atoms with van der Waals surface area (Å²) in [6.07, 6.45) is 7.27. The fraction of sp³-hybridized carbons (Fsp3) is 0.667. The number of hydrogen-bond donors (Lipinski definition) is 1. The first-order valence-corrected chi connectivity index (χ1v) is 11.2. The maximum atomic E-state index is 13.1. The van der Waals surface area contributed by atoms with E-state index in [9.17, 15) is 9.18 Å². The maximum absolute atomic E-state index is 13.1. The van der Waals surface area contributed by atoms with Gasteiger partial charge in [0.2, 0.25) is 0 Å². The van der Waals surface area contributed by atoms with E-state index in [1.165, 1.54) is 43.6 Å². The highest BCUT2D eigenvalue weighted by Gasteiger charge is 2.39. The molecule has 3 rings (SSSR count). The number of nitrogens with zero attached hydrogens (tertiary/aromatic N) is 2. The molecule has 4 nitrogen and oxygen atoms in total. The molecule has 1 aromatic rings. The summed E-state index contributed by atoms with van der Waals surface area (Å²) in [6, 6.07) is 5.81. The Kier molecular flexibility index (Phi) is 7.56. The van der Waals surface area contributed by atoms with E-state index in [0.717, 1.165) is 39.0 Å². The second kappa shape index (κ2) is 9.89. The number of carbonyl (C=O) groups is 1. The number of halogens is 1. The average molecular weight is 394 g/mol. The van der Waals surface area contributed by atoms with Crippen molar-refractivity contribution < 1.29 is 9.18 Å².